The van der Waals surface area contributed by atoms with E-state index < -0.39 is 5.92 Å². The highest BCUT2D eigenvalue weighted by Gasteiger charge is 2.34. The molecule has 6 heterocycles. The minimum atomic E-state index is -0.429. The first-order valence-electron chi connectivity index (χ1n) is 15.5. The quantitative estimate of drug-likeness (QED) is 0.267. The fraction of sp³-hybridized carbons (Fsp3) is 0.375. The topological polar surface area (TPSA) is 147 Å². The van der Waals surface area contributed by atoms with Crippen molar-refractivity contribution < 1.29 is 19.1 Å². The molecule has 1 atom stereocenters. The summed E-state index contributed by atoms with van der Waals surface area (Å²) in [6, 6.07) is 10.2. The number of amides is 3. The van der Waals surface area contributed by atoms with E-state index in [1.807, 2.05) is 31.3 Å². The van der Waals surface area contributed by atoms with E-state index >= 15 is 0 Å². The van der Waals surface area contributed by atoms with Crippen LogP contribution in [0.25, 0.3) is 10.9 Å². The number of benzene rings is 2. The van der Waals surface area contributed by atoms with Gasteiger partial charge in [-0.2, -0.15) is 10.1 Å². The highest BCUT2D eigenvalue weighted by Crippen LogP contribution is 2.43. The van der Waals surface area contributed by atoms with Crippen molar-refractivity contribution in [1.82, 2.24) is 25.1 Å². The van der Waals surface area contributed by atoms with Gasteiger partial charge in [0.1, 0.15) is 17.4 Å². The molecule has 0 aliphatic carbocycles. The number of aromatic nitrogens is 4. The molecule has 14 heteroatoms. The van der Waals surface area contributed by atoms with Gasteiger partial charge in [0.15, 0.2) is 5.82 Å². The van der Waals surface area contributed by atoms with Gasteiger partial charge in [-0.1, -0.05) is 11.6 Å². The average Bonchev–Trinajstić information content (AvgIpc) is 3.55. The molecular formula is C32H32ClN9O4. The van der Waals surface area contributed by atoms with Crippen LogP contribution in [0.3, 0.4) is 0 Å². The molecule has 2 saturated heterocycles. The first-order chi connectivity index (χ1) is 22.3. The van der Waals surface area contributed by atoms with E-state index in [-0.39, 0.29) is 23.8 Å². The number of anilines is 5. The molecule has 46 heavy (non-hydrogen) atoms. The number of ether oxygens (including phenoxy) is 1. The Labute approximate surface area is 269 Å². The van der Waals surface area contributed by atoms with Crippen LogP contribution in [0.15, 0.2) is 36.5 Å². The van der Waals surface area contributed by atoms with Gasteiger partial charge in [-0.15, -0.1) is 0 Å². The molecule has 1 unspecified atom stereocenters. The van der Waals surface area contributed by atoms with Crippen molar-refractivity contribution in [3.05, 3.63) is 52.8 Å². The fourth-order valence-corrected chi connectivity index (χ4v) is 7.07. The Morgan fingerprint density at radius 2 is 1.89 bits per heavy atom. The number of fused-ring (bicyclic) bond motifs is 1. The lowest BCUT2D eigenvalue weighted by Gasteiger charge is -2.33. The molecule has 4 aliphatic heterocycles. The molecule has 4 aromatic rings. The number of nitrogens with zero attached hydrogens (tertiary/aromatic N) is 6. The van der Waals surface area contributed by atoms with Gasteiger partial charge >= 0.3 is 0 Å². The Morgan fingerprint density at radius 3 is 2.72 bits per heavy atom. The Kier molecular flexibility index (Phi) is 6.93. The lowest BCUT2D eigenvalue weighted by Crippen LogP contribution is -2.40. The third-order valence-electron chi connectivity index (χ3n) is 9.23. The van der Waals surface area contributed by atoms with Crippen LogP contribution < -0.4 is 30.5 Å². The number of aryl methyl sites for hydroxylation is 1. The summed E-state index contributed by atoms with van der Waals surface area (Å²) < 4.78 is 7.66. The number of hydrogen-bond donors (Lipinski definition) is 3. The normalized spacial score (nSPS) is 19.7. The maximum atomic E-state index is 12.5. The highest BCUT2D eigenvalue weighted by molar-refractivity contribution is 6.33. The molecular weight excluding hydrogens is 610 g/mol. The zero-order chi connectivity index (χ0) is 31.5. The summed E-state index contributed by atoms with van der Waals surface area (Å²) in [4.78, 5) is 49.8. The molecule has 0 spiro atoms. The summed E-state index contributed by atoms with van der Waals surface area (Å²) in [5.41, 5.74) is 5.18. The van der Waals surface area contributed by atoms with Crippen LogP contribution in [0.2, 0.25) is 5.02 Å². The van der Waals surface area contributed by atoms with E-state index in [1.54, 1.807) is 15.8 Å². The number of hydrogen-bond acceptors (Lipinski definition) is 10. The van der Waals surface area contributed by atoms with Crippen LogP contribution in [0.1, 0.15) is 42.9 Å². The molecule has 2 fully saturated rings. The van der Waals surface area contributed by atoms with Crippen molar-refractivity contribution in [2.45, 2.75) is 44.1 Å². The molecule has 3 N–H and O–H groups in total. The van der Waals surface area contributed by atoms with Gasteiger partial charge in [-0.05, 0) is 49.1 Å². The monoisotopic (exact) mass is 641 g/mol. The molecule has 4 aliphatic rings. The van der Waals surface area contributed by atoms with Gasteiger partial charge in [0.25, 0.3) is 0 Å². The molecule has 3 amide bonds. The van der Waals surface area contributed by atoms with Crippen LogP contribution in [0.4, 0.5) is 28.8 Å². The number of rotatable bonds is 6. The van der Waals surface area contributed by atoms with Crippen molar-refractivity contribution in [3.63, 3.8) is 0 Å². The standard InChI is InChI=1S/C32H32ClN9O4/c1-40-24-14-19(2-3-21(24)28(39-40)22-4-5-26(43)37-31(22)45)35-18-6-8-41(9-7-18)32-34-16-23(33)30(38-32)36-20-12-17-13-27(44)42-10-11-46-25(15-20)29(17)42/h2-3,12,14-16,18,22,35H,4-11,13H2,1H3,(H,34,36,38)(H,37,43,45). The zero-order valence-corrected chi connectivity index (χ0v) is 25.9. The van der Waals surface area contributed by atoms with Crippen molar-refractivity contribution in [1.29, 1.82) is 0 Å². The average molecular weight is 642 g/mol. The minimum absolute atomic E-state index is 0.0911. The molecule has 13 nitrogen and oxygen atoms in total. The fourth-order valence-electron chi connectivity index (χ4n) is 6.94. The Morgan fingerprint density at radius 1 is 1.04 bits per heavy atom. The van der Waals surface area contributed by atoms with Crippen molar-refractivity contribution in [2.75, 3.05) is 46.7 Å². The molecule has 0 bridgehead atoms. The first kappa shape index (κ1) is 28.6. The van der Waals surface area contributed by atoms with Gasteiger partial charge in [0.05, 0.1) is 42.0 Å². The highest BCUT2D eigenvalue weighted by atomic mass is 35.5. The van der Waals surface area contributed by atoms with E-state index in [9.17, 15) is 14.4 Å². The molecule has 0 saturated carbocycles. The number of imide groups is 1. The molecule has 2 aromatic heterocycles. The van der Waals surface area contributed by atoms with E-state index in [1.165, 1.54) is 0 Å². The number of carbonyl (C=O) groups excluding carboxylic acids is 3. The second kappa shape index (κ2) is 11.2. The van der Waals surface area contributed by atoms with Gasteiger partial charge in [-0.3, -0.25) is 24.4 Å². The van der Waals surface area contributed by atoms with Gasteiger partial charge in [0.2, 0.25) is 23.7 Å². The maximum absolute atomic E-state index is 12.5. The number of piperidine rings is 2. The number of carbonyl (C=O) groups is 3. The van der Waals surface area contributed by atoms with Crippen molar-refractivity contribution in [3.8, 4) is 5.75 Å². The van der Waals surface area contributed by atoms with Crippen molar-refractivity contribution in [2.24, 2.45) is 7.05 Å². The minimum Gasteiger partial charge on any atom is -0.489 e. The van der Waals surface area contributed by atoms with E-state index in [4.69, 9.17) is 21.3 Å². The van der Waals surface area contributed by atoms with Gasteiger partial charge < -0.3 is 25.2 Å². The molecule has 0 radical (unpaired) electrons. The van der Waals surface area contributed by atoms with Crippen molar-refractivity contribution >= 4 is 69.1 Å². The third kappa shape index (κ3) is 5.04. The van der Waals surface area contributed by atoms with Crippen LogP contribution in [-0.2, 0) is 27.9 Å². The lowest BCUT2D eigenvalue weighted by atomic mass is 9.93. The van der Waals surface area contributed by atoms with Gasteiger partial charge in [-0.25, -0.2) is 4.98 Å². The summed E-state index contributed by atoms with van der Waals surface area (Å²) in [5, 5.41) is 15.4. The maximum Gasteiger partial charge on any atom is 0.235 e. The number of halogens is 1. The Hall–Kier alpha value is -4.91. The SMILES string of the molecule is Cn1nc(C2CCC(=O)NC2=O)c2ccc(NC3CCN(c4ncc(Cl)c(Nc5cc6c7c(c5)OCCN7C(=O)C6)n4)CC3)cc21. The van der Waals surface area contributed by atoms with E-state index in [2.05, 4.69) is 37.0 Å². The summed E-state index contributed by atoms with van der Waals surface area (Å²) in [7, 11) is 1.87. The number of nitrogens with one attached hydrogen (secondary N) is 3. The molecule has 8 rings (SSSR count). The predicted molar refractivity (Wildman–Crippen MR) is 173 cm³/mol. The second-order valence-corrected chi connectivity index (χ2v) is 12.6. The Bertz CT molecular complexity index is 1920. The Balaban J connectivity index is 0.931. The molecule has 236 valence electrons. The summed E-state index contributed by atoms with van der Waals surface area (Å²) in [6.45, 7) is 2.57. The first-order valence-corrected chi connectivity index (χ1v) is 15.9. The van der Waals surface area contributed by atoms with E-state index in [0.29, 0.717) is 60.6 Å². The van der Waals surface area contributed by atoms with Crippen LogP contribution in [0.5, 0.6) is 5.75 Å². The summed E-state index contributed by atoms with van der Waals surface area (Å²) in [5.74, 6) is 0.934. The smallest absolute Gasteiger partial charge is 0.235 e. The largest absolute Gasteiger partial charge is 0.489 e. The van der Waals surface area contributed by atoms with Gasteiger partial charge in [0, 0.05) is 55.4 Å². The lowest BCUT2D eigenvalue weighted by molar-refractivity contribution is -0.134. The van der Waals surface area contributed by atoms with Crippen LogP contribution in [0, 0.1) is 0 Å². The van der Waals surface area contributed by atoms with Crippen LogP contribution in [-0.4, -0.2) is 69.8 Å². The second-order valence-electron chi connectivity index (χ2n) is 12.2. The molecule has 2 aromatic carbocycles. The van der Waals surface area contributed by atoms with Crippen LogP contribution >= 0.6 is 11.6 Å². The zero-order valence-electron chi connectivity index (χ0n) is 25.2. The summed E-state index contributed by atoms with van der Waals surface area (Å²) in [6.07, 6.45) is 4.52. The third-order valence-corrected chi connectivity index (χ3v) is 9.51. The van der Waals surface area contributed by atoms with E-state index in [0.717, 1.165) is 59.5 Å². The predicted octanol–water partition coefficient (Wildman–Crippen LogP) is 3.64. The summed E-state index contributed by atoms with van der Waals surface area (Å²) >= 11 is 6.51.